The zero-order valence-corrected chi connectivity index (χ0v) is 12.6. The highest BCUT2D eigenvalue weighted by molar-refractivity contribution is 5.82. The SMILES string of the molecule is O=C(O)C(Cc1ncccn1)NC(=O)N1CCCCCCC1. The van der Waals surface area contributed by atoms with Crippen molar-refractivity contribution >= 4 is 12.0 Å². The second-order valence-electron chi connectivity index (χ2n) is 5.46. The van der Waals surface area contributed by atoms with Crippen LogP contribution in [0.2, 0.25) is 0 Å². The molecule has 2 heterocycles. The van der Waals surface area contributed by atoms with Gasteiger partial charge in [-0.2, -0.15) is 0 Å². The highest BCUT2D eigenvalue weighted by atomic mass is 16.4. The van der Waals surface area contributed by atoms with E-state index in [-0.39, 0.29) is 12.5 Å². The van der Waals surface area contributed by atoms with Crippen LogP contribution in [0.15, 0.2) is 18.5 Å². The summed E-state index contributed by atoms with van der Waals surface area (Å²) in [5, 5.41) is 11.9. The number of nitrogens with zero attached hydrogens (tertiary/aromatic N) is 3. The van der Waals surface area contributed by atoms with E-state index < -0.39 is 12.0 Å². The maximum absolute atomic E-state index is 12.3. The second-order valence-corrected chi connectivity index (χ2v) is 5.46. The molecule has 0 spiro atoms. The first kappa shape index (κ1) is 16.2. The Bertz CT molecular complexity index is 487. The van der Waals surface area contributed by atoms with E-state index >= 15 is 0 Å². The summed E-state index contributed by atoms with van der Waals surface area (Å²) < 4.78 is 0. The average molecular weight is 306 g/mol. The van der Waals surface area contributed by atoms with Crippen LogP contribution < -0.4 is 5.32 Å². The van der Waals surface area contributed by atoms with Crippen LogP contribution in [-0.4, -0.2) is 51.1 Å². The number of aliphatic carboxylic acids is 1. The Morgan fingerprint density at radius 3 is 2.32 bits per heavy atom. The Balaban J connectivity index is 1.94. The predicted octanol–water partition coefficient (Wildman–Crippen LogP) is 1.45. The molecular weight excluding hydrogens is 284 g/mol. The van der Waals surface area contributed by atoms with Gasteiger partial charge >= 0.3 is 12.0 Å². The summed E-state index contributed by atoms with van der Waals surface area (Å²) in [6.07, 6.45) is 8.56. The van der Waals surface area contributed by atoms with Crippen LogP contribution in [0, 0.1) is 0 Å². The first-order valence-electron chi connectivity index (χ1n) is 7.71. The predicted molar refractivity (Wildman–Crippen MR) is 80.3 cm³/mol. The molecule has 0 saturated carbocycles. The van der Waals surface area contributed by atoms with Crippen LogP contribution in [0.1, 0.15) is 37.9 Å². The number of hydrogen-bond donors (Lipinski definition) is 2. The Morgan fingerprint density at radius 1 is 1.14 bits per heavy atom. The molecule has 2 amide bonds. The van der Waals surface area contributed by atoms with Crippen LogP contribution in [0.5, 0.6) is 0 Å². The Labute approximate surface area is 129 Å². The number of urea groups is 1. The first-order chi connectivity index (χ1) is 10.7. The zero-order chi connectivity index (χ0) is 15.8. The van der Waals surface area contributed by atoms with E-state index in [1.165, 1.54) is 6.42 Å². The van der Waals surface area contributed by atoms with E-state index in [0.717, 1.165) is 25.7 Å². The minimum Gasteiger partial charge on any atom is -0.480 e. The van der Waals surface area contributed by atoms with Crippen LogP contribution >= 0.6 is 0 Å². The van der Waals surface area contributed by atoms with Crippen molar-refractivity contribution in [2.24, 2.45) is 0 Å². The summed E-state index contributed by atoms with van der Waals surface area (Å²) in [5.74, 6) is -0.671. The molecular formula is C15H22N4O3. The van der Waals surface area contributed by atoms with Crippen molar-refractivity contribution in [2.75, 3.05) is 13.1 Å². The standard InChI is InChI=1S/C15H22N4O3/c20-14(21)12(11-13-16-7-6-8-17-13)18-15(22)19-9-4-2-1-3-5-10-19/h6-8,12H,1-5,9-11H2,(H,18,22)(H,20,21). The van der Waals surface area contributed by atoms with Gasteiger partial charge in [0.1, 0.15) is 11.9 Å². The summed E-state index contributed by atoms with van der Waals surface area (Å²) >= 11 is 0. The Hall–Kier alpha value is -2.18. The van der Waals surface area contributed by atoms with Crippen LogP contribution in [0.4, 0.5) is 4.79 Å². The lowest BCUT2D eigenvalue weighted by molar-refractivity contribution is -0.139. The van der Waals surface area contributed by atoms with E-state index in [1.807, 2.05) is 0 Å². The van der Waals surface area contributed by atoms with Crippen molar-refractivity contribution < 1.29 is 14.7 Å². The number of rotatable bonds is 4. The summed E-state index contributed by atoms with van der Waals surface area (Å²) in [6, 6.07) is 0.337. The van der Waals surface area contributed by atoms with E-state index in [0.29, 0.717) is 18.9 Å². The van der Waals surface area contributed by atoms with Gasteiger partial charge in [-0.1, -0.05) is 19.3 Å². The average Bonchev–Trinajstić information content (AvgIpc) is 2.47. The number of aromatic nitrogens is 2. The summed E-state index contributed by atoms with van der Waals surface area (Å²) in [6.45, 7) is 1.36. The molecule has 7 nitrogen and oxygen atoms in total. The maximum atomic E-state index is 12.3. The number of carboxylic acid groups (broad SMARTS) is 1. The zero-order valence-electron chi connectivity index (χ0n) is 12.6. The van der Waals surface area contributed by atoms with Crippen molar-refractivity contribution in [1.82, 2.24) is 20.2 Å². The molecule has 1 fully saturated rings. The van der Waals surface area contributed by atoms with Gasteiger partial charge in [0.15, 0.2) is 0 Å². The van der Waals surface area contributed by atoms with Gasteiger partial charge in [0, 0.05) is 31.9 Å². The highest BCUT2D eigenvalue weighted by Gasteiger charge is 2.24. The molecule has 0 radical (unpaired) electrons. The Morgan fingerprint density at radius 2 is 1.73 bits per heavy atom. The van der Waals surface area contributed by atoms with Gasteiger partial charge in [-0.15, -0.1) is 0 Å². The minimum atomic E-state index is -1.08. The smallest absolute Gasteiger partial charge is 0.326 e. The quantitative estimate of drug-likeness (QED) is 0.877. The fourth-order valence-corrected chi connectivity index (χ4v) is 2.51. The van der Waals surface area contributed by atoms with Gasteiger partial charge < -0.3 is 15.3 Å². The molecule has 1 aliphatic rings. The lowest BCUT2D eigenvalue weighted by Crippen LogP contribution is -2.49. The topological polar surface area (TPSA) is 95.4 Å². The number of carbonyl (C=O) groups is 2. The van der Waals surface area contributed by atoms with Gasteiger partial charge in [-0.25, -0.2) is 19.6 Å². The minimum absolute atomic E-state index is 0.0791. The molecule has 22 heavy (non-hydrogen) atoms. The highest BCUT2D eigenvalue weighted by Crippen LogP contribution is 2.10. The molecule has 1 aliphatic heterocycles. The monoisotopic (exact) mass is 306 g/mol. The fraction of sp³-hybridized carbons (Fsp3) is 0.600. The van der Waals surface area contributed by atoms with E-state index in [9.17, 15) is 14.7 Å². The van der Waals surface area contributed by atoms with E-state index in [2.05, 4.69) is 15.3 Å². The molecule has 1 unspecified atom stereocenters. The summed E-state index contributed by atoms with van der Waals surface area (Å²) in [5.41, 5.74) is 0. The van der Waals surface area contributed by atoms with Gasteiger partial charge in [0.05, 0.1) is 0 Å². The van der Waals surface area contributed by atoms with Gasteiger partial charge in [0.25, 0.3) is 0 Å². The van der Waals surface area contributed by atoms with Gasteiger partial charge in [0.2, 0.25) is 0 Å². The van der Waals surface area contributed by atoms with Crippen LogP contribution in [0.3, 0.4) is 0 Å². The largest absolute Gasteiger partial charge is 0.480 e. The summed E-state index contributed by atoms with van der Waals surface area (Å²) in [4.78, 5) is 33.4. The lowest BCUT2D eigenvalue weighted by Gasteiger charge is -2.26. The number of carbonyl (C=O) groups excluding carboxylic acids is 1. The molecule has 1 aromatic heterocycles. The second kappa shape index (κ2) is 8.31. The molecule has 0 aromatic carbocycles. The number of nitrogens with one attached hydrogen (secondary N) is 1. The third-order valence-electron chi connectivity index (χ3n) is 3.75. The molecule has 1 atom stereocenters. The molecule has 0 aliphatic carbocycles. The molecule has 120 valence electrons. The van der Waals surface area contributed by atoms with Gasteiger partial charge in [-0.05, 0) is 18.9 Å². The third-order valence-corrected chi connectivity index (χ3v) is 3.75. The number of amides is 2. The summed E-state index contributed by atoms with van der Waals surface area (Å²) in [7, 11) is 0. The molecule has 1 saturated heterocycles. The number of carboxylic acids is 1. The first-order valence-corrected chi connectivity index (χ1v) is 7.71. The van der Waals surface area contributed by atoms with Crippen molar-refractivity contribution in [3.63, 3.8) is 0 Å². The van der Waals surface area contributed by atoms with Crippen molar-refractivity contribution in [1.29, 1.82) is 0 Å². The van der Waals surface area contributed by atoms with E-state index in [4.69, 9.17) is 0 Å². The maximum Gasteiger partial charge on any atom is 0.326 e. The van der Waals surface area contributed by atoms with Gasteiger partial charge in [-0.3, -0.25) is 0 Å². The normalized spacial score (nSPS) is 17.2. The van der Waals surface area contributed by atoms with Crippen molar-refractivity contribution in [2.45, 2.75) is 44.6 Å². The third kappa shape index (κ3) is 4.98. The van der Waals surface area contributed by atoms with Crippen molar-refractivity contribution in [3.8, 4) is 0 Å². The molecule has 1 aromatic rings. The van der Waals surface area contributed by atoms with Crippen LogP contribution in [-0.2, 0) is 11.2 Å². The molecule has 2 rings (SSSR count). The fourth-order valence-electron chi connectivity index (χ4n) is 2.51. The number of likely N-dealkylation sites (tertiary alicyclic amines) is 1. The lowest BCUT2D eigenvalue weighted by atomic mass is 10.1. The van der Waals surface area contributed by atoms with Crippen LogP contribution in [0.25, 0.3) is 0 Å². The molecule has 2 N–H and O–H groups in total. The van der Waals surface area contributed by atoms with E-state index in [1.54, 1.807) is 23.4 Å². The number of hydrogen-bond acceptors (Lipinski definition) is 4. The Kier molecular flexibility index (Phi) is 6.12. The molecule has 0 bridgehead atoms. The van der Waals surface area contributed by atoms with Crippen molar-refractivity contribution in [3.05, 3.63) is 24.3 Å². The molecule has 7 heteroatoms.